The second-order valence-corrected chi connectivity index (χ2v) is 4.87. The molecular weight excluding hydrogens is 310 g/mol. The third-order valence-electron chi connectivity index (χ3n) is 3.13. The lowest BCUT2D eigenvalue weighted by Crippen LogP contribution is -2.22. The van der Waals surface area contributed by atoms with E-state index in [1.165, 1.54) is 16.9 Å². The van der Waals surface area contributed by atoms with Gasteiger partial charge in [-0.2, -0.15) is 18.3 Å². The van der Waals surface area contributed by atoms with Gasteiger partial charge in [0.25, 0.3) is 0 Å². The maximum atomic E-state index is 13.3. The summed E-state index contributed by atoms with van der Waals surface area (Å²) in [6, 6.07) is 2.23. The molecule has 0 spiro atoms. The highest BCUT2D eigenvalue weighted by molar-refractivity contribution is 6.31. The van der Waals surface area contributed by atoms with Crippen molar-refractivity contribution >= 4 is 11.6 Å². The Balaban J connectivity index is 2.54. The van der Waals surface area contributed by atoms with Crippen molar-refractivity contribution in [2.75, 3.05) is 7.05 Å². The van der Waals surface area contributed by atoms with Crippen molar-refractivity contribution < 1.29 is 17.6 Å². The second-order valence-electron chi connectivity index (χ2n) is 4.46. The van der Waals surface area contributed by atoms with Crippen LogP contribution in [0.4, 0.5) is 17.6 Å². The van der Waals surface area contributed by atoms with Crippen LogP contribution in [0.25, 0.3) is 0 Å². The maximum absolute atomic E-state index is 13.3. The molecule has 0 aliphatic carbocycles. The van der Waals surface area contributed by atoms with Gasteiger partial charge in [-0.1, -0.05) is 17.7 Å². The minimum absolute atomic E-state index is 0.247. The van der Waals surface area contributed by atoms with E-state index in [9.17, 15) is 17.6 Å². The average Bonchev–Trinajstić information content (AvgIpc) is 2.72. The van der Waals surface area contributed by atoms with E-state index < -0.39 is 23.6 Å². The Morgan fingerprint density at radius 1 is 1.33 bits per heavy atom. The van der Waals surface area contributed by atoms with Crippen molar-refractivity contribution in [2.24, 2.45) is 7.05 Å². The quantitative estimate of drug-likeness (QED) is 0.876. The molecule has 0 fully saturated rings. The van der Waals surface area contributed by atoms with Crippen molar-refractivity contribution in [3.05, 3.63) is 52.1 Å². The van der Waals surface area contributed by atoms with Crippen molar-refractivity contribution in [1.29, 1.82) is 0 Å². The highest BCUT2D eigenvalue weighted by atomic mass is 35.5. The van der Waals surface area contributed by atoms with Crippen LogP contribution in [0.15, 0.2) is 24.4 Å². The highest BCUT2D eigenvalue weighted by Gasteiger charge is 2.35. The van der Waals surface area contributed by atoms with Crippen LogP contribution >= 0.6 is 11.6 Å². The van der Waals surface area contributed by atoms with E-state index in [0.29, 0.717) is 10.7 Å². The predicted molar refractivity (Wildman–Crippen MR) is 70.5 cm³/mol. The molecule has 21 heavy (non-hydrogen) atoms. The Kier molecular flexibility index (Phi) is 4.25. The Bertz CT molecular complexity index is 632. The molecule has 114 valence electrons. The number of rotatable bonds is 3. The summed E-state index contributed by atoms with van der Waals surface area (Å²) in [5, 5.41) is 7.13. The monoisotopic (exact) mass is 321 g/mol. The first-order valence-electron chi connectivity index (χ1n) is 5.97. The number of nitrogens with one attached hydrogen (secondary N) is 1. The standard InChI is InChI=1S/C13H12ClF4N3/c1-19-11(12-9(14)6-20-21(12)2)7-3-4-10(15)8(5-7)13(16,17)18/h3-6,11,19H,1-2H3. The third kappa shape index (κ3) is 3.03. The minimum Gasteiger partial charge on any atom is -0.308 e. The largest absolute Gasteiger partial charge is 0.419 e. The van der Waals surface area contributed by atoms with E-state index in [1.54, 1.807) is 14.1 Å². The summed E-state index contributed by atoms with van der Waals surface area (Å²) in [6.07, 6.45) is -3.36. The van der Waals surface area contributed by atoms with Gasteiger partial charge in [0, 0.05) is 7.05 Å². The Hall–Kier alpha value is -1.60. The fourth-order valence-corrected chi connectivity index (χ4v) is 2.42. The molecule has 0 amide bonds. The molecule has 2 aromatic rings. The second kappa shape index (κ2) is 5.65. The summed E-state index contributed by atoms with van der Waals surface area (Å²) in [5.41, 5.74) is -0.561. The molecule has 0 aliphatic rings. The van der Waals surface area contributed by atoms with Crippen LogP contribution in [0, 0.1) is 5.82 Å². The van der Waals surface area contributed by atoms with Crippen LogP contribution in [0.1, 0.15) is 22.9 Å². The van der Waals surface area contributed by atoms with E-state index >= 15 is 0 Å². The first kappa shape index (κ1) is 15.8. The molecule has 1 aromatic heterocycles. The summed E-state index contributed by atoms with van der Waals surface area (Å²) in [7, 11) is 3.20. The number of hydrogen-bond acceptors (Lipinski definition) is 2. The van der Waals surface area contributed by atoms with Gasteiger partial charge in [0.15, 0.2) is 0 Å². The topological polar surface area (TPSA) is 29.9 Å². The molecule has 0 saturated carbocycles. The van der Waals surface area contributed by atoms with Gasteiger partial charge in [-0.15, -0.1) is 0 Å². The van der Waals surface area contributed by atoms with E-state index in [0.717, 1.165) is 12.1 Å². The lowest BCUT2D eigenvalue weighted by atomic mass is 10.0. The normalized spacial score (nSPS) is 13.5. The predicted octanol–water partition coefficient (Wildman–Crippen LogP) is 3.54. The number of nitrogens with zero attached hydrogens (tertiary/aromatic N) is 2. The molecular formula is C13H12ClF4N3. The first-order valence-corrected chi connectivity index (χ1v) is 6.34. The molecule has 2 rings (SSSR count). The van der Waals surface area contributed by atoms with Crippen LogP contribution < -0.4 is 5.32 Å². The highest BCUT2D eigenvalue weighted by Crippen LogP contribution is 2.35. The molecule has 1 aromatic carbocycles. The third-order valence-corrected chi connectivity index (χ3v) is 3.42. The Labute approximate surface area is 123 Å². The number of halogens is 5. The number of benzene rings is 1. The van der Waals surface area contributed by atoms with E-state index in [1.807, 2.05) is 0 Å². The van der Waals surface area contributed by atoms with Crippen LogP contribution in [0.5, 0.6) is 0 Å². The van der Waals surface area contributed by atoms with Gasteiger partial charge in [0.05, 0.1) is 28.5 Å². The summed E-state index contributed by atoms with van der Waals surface area (Å²) in [5.74, 6) is -1.31. The zero-order valence-electron chi connectivity index (χ0n) is 11.2. The Morgan fingerprint density at radius 2 is 2.00 bits per heavy atom. The molecule has 1 unspecified atom stereocenters. The van der Waals surface area contributed by atoms with Crippen LogP contribution in [-0.4, -0.2) is 16.8 Å². The van der Waals surface area contributed by atoms with Gasteiger partial charge < -0.3 is 5.32 Å². The SMILES string of the molecule is CNC(c1ccc(F)c(C(F)(F)F)c1)c1c(Cl)cnn1C. The molecule has 8 heteroatoms. The molecule has 1 heterocycles. The van der Waals surface area contributed by atoms with Gasteiger partial charge in [-0.05, 0) is 24.7 Å². The molecule has 3 nitrogen and oxygen atoms in total. The summed E-state index contributed by atoms with van der Waals surface area (Å²) < 4.78 is 53.2. The first-order chi connectivity index (χ1) is 9.75. The fraction of sp³-hybridized carbons (Fsp3) is 0.308. The zero-order valence-corrected chi connectivity index (χ0v) is 11.9. The van der Waals surface area contributed by atoms with Crippen LogP contribution in [0.3, 0.4) is 0 Å². The van der Waals surface area contributed by atoms with Crippen molar-refractivity contribution in [3.63, 3.8) is 0 Å². The van der Waals surface area contributed by atoms with Gasteiger partial charge in [0.2, 0.25) is 0 Å². The van der Waals surface area contributed by atoms with Gasteiger partial charge in [0.1, 0.15) is 5.82 Å². The lowest BCUT2D eigenvalue weighted by molar-refractivity contribution is -0.140. The summed E-state index contributed by atoms with van der Waals surface area (Å²) in [4.78, 5) is 0. The minimum atomic E-state index is -4.76. The number of aromatic nitrogens is 2. The number of alkyl halides is 3. The maximum Gasteiger partial charge on any atom is 0.419 e. The molecule has 0 saturated heterocycles. The summed E-state index contributed by atoms with van der Waals surface area (Å²) >= 11 is 6.01. The molecule has 0 bridgehead atoms. The molecule has 0 aliphatic heterocycles. The summed E-state index contributed by atoms with van der Waals surface area (Å²) in [6.45, 7) is 0. The Morgan fingerprint density at radius 3 is 2.48 bits per heavy atom. The van der Waals surface area contributed by atoms with Crippen molar-refractivity contribution in [3.8, 4) is 0 Å². The zero-order chi connectivity index (χ0) is 15.8. The smallest absolute Gasteiger partial charge is 0.308 e. The van der Waals surface area contributed by atoms with E-state index in [4.69, 9.17) is 11.6 Å². The van der Waals surface area contributed by atoms with E-state index in [-0.39, 0.29) is 5.56 Å². The van der Waals surface area contributed by atoms with Crippen LogP contribution in [-0.2, 0) is 13.2 Å². The van der Waals surface area contributed by atoms with Crippen LogP contribution in [0.2, 0.25) is 5.02 Å². The molecule has 1 N–H and O–H groups in total. The van der Waals surface area contributed by atoms with Gasteiger partial charge in [-0.3, -0.25) is 4.68 Å². The van der Waals surface area contributed by atoms with E-state index in [2.05, 4.69) is 10.4 Å². The van der Waals surface area contributed by atoms with Gasteiger partial charge >= 0.3 is 6.18 Å². The molecule has 1 atom stereocenters. The fourth-order valence-electron chi connectivity index (χ4n) is 2.15. The average molecular weight is 322 g/mol. The van der Waals surface area contributed by atoms with Crippen molar-refractivity contribution in [1.82, 2.24) is 15.1 Å². The lowest BCUT2D eigenvalue weighted by Gasteiger charge is -2.19. The molecule has 0 radical (unpaired) electrons. The number of aryl methyl sites for hydroxylation is 1. The van der Waals surface area contributed by atoms with Crippen molar-refractivity contribution in [2.45, 2.75) is 12.2 Å². The van der Waals surface area contributed by atoms with Gasteiger partial charge in [-0.25, -0.2) is 4.39 Å². The number of hydrogen-bond donors (Lipinski definition) is 1.